The van der Waals surface area contributed by atoms with Gasteiger partial charge in [0.1, 0.15) is 5.69 Å². The fraction of sp³-hybridized carbons (Fsp3) is 0.741. The summed E-state index contributed by atoms with van der Waals surface area (Å²) in [6.45, 7) is 2.28. The van der Waals surface area contributed by atoms with Crippen molar-refractivity contribution in [3.63, 3.8) is 0 Å². The average Bonchev–Trinajstić information content (AvgIpc) is 2.78. The lowest BCUT2D eigenvalue weighted by atomic mass is 9.69. The molecule has 0 N–H and O–H groups in total. The Labute approximate surface area is 186 Å². The maximum atomic E-state index is 12.6. The Balaban J connectivity index is 1.36. The second-order valence-corrected chi connectivity index (χ2v) is 9.79. The third kappa shape index (κ3) is 7.85. The SMILES string of the molecule is CCCCCCC[C@H]1CC[C@H](C2CCC(C#Cc3ccc(C(F)(F)F)nc3)CC2)CC1. The van der Waals surface area contributed by atoms with Crippen LogP contribution in [0.25, 0.3) is 0 Å². The summed E-state index contributed by atoms with van der Waals surface area (Å²) in [6, 6.07) is 2.44. The molecule has 1 heterocycles. The van der Waals surface area contributed by atoms with Crippen molar-refractivity contribution >= 4 is 0 Å². The van der Waals surface area contributed by atoms with Crippen LogP contribution in [0.4, 0.5) is 13.2 Å². The molecular weight excluding hydrogens is 395 g/mol. The fourth-order valence-electron chi connectivity index (χ4n) is 5.54. The van der Waals surface area contributed by atoms with Gasteiger partial charge in [0.15, 0.2) is 0 Å². The van der Waals surface area contributed by atoms with E-state index in [2.05, 4.69) is 23.7 Å². The Kier molecular flexibility index (Phi) is 9.30. The number of halogens is 3. The smallest absolute Gasteiger partial charge is 0.250 e. The Hall–Kier alpha value is -1.50. The maximum Gasteiger partial charge on any atom is 0.433 e. The van der Waals surface area contributed by atoms with E-state index in [1.165, 1.54) is 89.3 Å². The predicted octanol–water partition coefficient (Wildman–Crippen LogP) is 8.43. The van der Waals surface area contributed by atoms with E-state index < -0.39 is 11.9 Å². The Morgan fingerprint density at radius 2 is 1.52 bits per heavy atom. The van der Waals surface area contributed by atoms with Crippen LogP contribution in [0.3, 0.4) is 0 Å². The quantitative estimate of drug-likeness (QED) is 0.311. The molecule has 0 aromatic carbocycles. The zero-order chi connectivity index (χ0) is 22.1. The van der Waals surface area contributed by atoms with Gasteiger partial charge in [-0.2, -0.15) is 13.2 Å². The first-order chi connectivity index (χ1) is 15.0. The molecule has 3 rings (SSSR count). The summed E-state index contributed by atoms with van der Waals surface area (Å²) in [5.74, 6) is 9.45. The summed E-state index contributed by atoms with van der Waals surface area (Å²) in [5, 5.41) is 0. The van der Waals surface area contributed by atoms with E-state index in [9.17, 15) is 13.2 Å². The third-order valence-electron chi connectivity index (χ3n) is 7.52. The first kappa shape index (κ1) is 24.1. The molecule has 0 spiro atoms. The average molecular weight is 434 g/mol. The lowest BCUT2D eigenvalue weighted by Gasteiger charge is -2.37. The van der Waals surface area contributed by atoms with Crippen molar-refractivity contribution < 1.29 is 13.2 Å². The minimum Gasteiger partial charge on any atom is -0.250 e. The lowest BCUT2D eigenvalue weighted by molar-refractivity contribution is -0.141. The highest BCUT2D eigenvalue weighted by Crippen LogP contribution is 2.42. The van der Waals surface area contributed by atoms with Gasteiger partial charge in [0, 0.05) is 17.7 Å². The summed E-state index contributed by atoms with van der Waals surface area (Å²) >= 11 is 0. The van der Waals surface area contributed by atoms with E-state index in [1.54, 1.807) is 0 Å². The van der Waals surface area contributed by atoms with E-state index >= 15 is 0 Å². The van der Waals surface area contributed by atoms with Crippen molar-refractivity contribution in [2.24, 2.45) is 23.7 Å². The molecule has 4 heteroatoms. The molecule has 0 radical (unpaired) electrons. The van der Waals surface area contributed by atoms with Crippen LogP contribution in [-0.2, 0) is 6.18 Å². The van der Waals surface area contributed by atoms with Crippen molar-refractivity contribution in [1.82, 2.24) is 4.98 Å². The highest BCUT2D eigenvalue weighted by Gasteiger charge is 2.32. The molecule has 0 amide bonds. The number of hydrogen-bond donors (Lipinski definition) is 0. The Morgan fingerprint density at radius 3 is 2.10 bits per heavy atom. The lowest BCUT2D eigenvalue weighted by Crippen LogP contribution is -2.25. The van der Waals surface area contributed by atoms with Crippen LogP contribution < -0.4 is 0 Å². The summed E-state index contributed by atoms with van der Waals surface area (Å²) in [4.78, 5) is 3.50. The molecule has 1 aromatic rings. The van der Waals surface area contributed by atoms with Gasteiger partial charge in [-0.3, -0.25) is 4.98 Å². The number of hydrogen-bond acceptors (Lipinski definition) is 1. The summed E-state index contributed by atoms with van der Waals surface area (Å²) < 4.78 is 37.8. The largest absolute Gasteiger partial charge is 0.433 e. The minimum absolute atomic E-state index is 0.373. The van der Waals surface area contributed by atoms with Crippen LogP contribution >= 0.6 is 0 Å². The summed E-state index contributed by atoms with van der Waals surface area (Å²) in [6.07, 6.45) is 15.7. The van der Waals surface area contributed by atoms with Gasteiger partial charge in [-0.25, -0.2) is 0 Å². The van der Waals surface area contributed by atoms with E-state index in [-0.39, 0.29) is 0 Å². The van der Waals surface area contributed by atoms with Gasteiger partial charge < -0.3 is 0 Å². The van der Waals surface area contributed by atoms with Gasteiger partial charge >= 0.3 is 6.18 Å². The zero-order valence-electron chi connectivity index (χ0n) is 19.0. The van der Waals surface area contributed by atoms with Crippen molar-refractivity contribution in [2.45, 2.75) is 103 Å². The highest BCUT2D eigenvalue weighted by molar-refractivity contribution is 5.33. The molecule has 2 aliphatic carbocycles. The van der Waals surface area contributed by atoms with Crippen LogP contribution in [0.1, 0.15) is 108 Å². The molecule has 0 atom stereocenters. The number of nitrogens with zero attached hydrogens (tertiary/aromatic N) is 1. The number of pyridine rings is 1. The summed E-state index contributed by atoms with van der Waals surface area (Å²) in [5.41, 5.74) is -0.284. The van der Waals surface area contributed by atoms with Crippen molar-refractivity contribution in [3.8, 4) is 11.8 Å². The number of rotatable bonds is 7. The van der Waals surface area contributed by atoms with Gasteiger partial charge in [0.2, 0.25) is 0 Å². The third-order valence-corrected chi connectivity index (χ3v) is 7.52. The predicted molar refractivity (Wildman–Crippen MR) is 120 cm³/mol. The highest BCUT2D eigenvalue weighted by atomic mass is 19.4. The van der Waals surface area contributed by atoms with Gasteiger partial charge in [0.05, 0.1) is 0 Å². The van der Waals surface area contributed by atoms with Crippen molar-refractivity contribution in [1.29, 1.82) is 0 Å². The monoisotopic (exact) mass is 433 g/mol. The molecule has 2 saturated carbocycles. The van der Waals surface area contributed by atoms with E-state index in [0.29, 0.717) is 11.5 Å². The molecule has 0 bridgehead atoms. The second-order valence-electron chi connectivity index (χ2n) is 9.79. The maximum absolute atomic E-state index is 12.6. The topological polar surface area (TPSA) is 12.9 Å². The van der Waals surface area contributed by atoms with Gasteiger partial charge in [-0.05, 0) is 68.4 Å². The zero-order valence-corrected chi connectivity index (χ0v) is 19.0. The van der Waals surface area contributed by atoms with E-state index in [1.807, 2.05) is 0 Å². The molecule has 0 aliphatic heterocycles. The molecule has 172 valence electrons. The molecule has 0 saturated heterocycles. The van der Waals surface area contributed by atoms with Crippen LogP contribution in [0.2, 0.25) is 0 Å². The van der Waals surface area contributed by atoms with Crippen LogP contribution in [0, 0.1) is 35.5 Å². The number of alkyl halides is 3. The molecule has 1 aromatic heterocycles. The Bertz CT molecular complexity index is 697. The van der Waals surface area contributed by atoms with Crippen LogP contribution in [-0.4, -0.2) is 4.98 Å². The molecule has 2 fully saturated rings. The van der Waals surface area contributed by atoms with Gasteiger partial charge in [0.25, 0.3) is 0 Å². The molecule has 2 aliphatic rings. The van der Waals surface area contributed by atoms with Crippen LogP contribution in [0.15, 0.2) is 18.3 Å². The molecule has 0 unspecified atom stereocenters. The normalized spacial score (nSPS) is 26.8. The van der Waals surface area contributed by atoms with Gasteiger partial charge in [-0.1, -0.05) is 70.1 Å². The van der Waals surface area contributed by atoms with E-state index in [4.69, 9.17) is 0 Å². The number of aromatic nitrogens is 1. The minimum atomic E-state index is -4.39. The first-order valence-corrected chi connectivity index (χ1v) is 12.5. The second kappa shape index (κ2) is 11.9. The van der Waals surface area contributed by atoms with Crippen molar-refractivity contribution in [3.05, 3.63) is 29.6 Å². The fourth-order valence-corrected chi connectivity index (χ4v) is 5.54. The Morgan fingerprint density at radius 1 is 0.871 bits per heavy atom. The van der Waals surface area contributed by atoms with Crippen molar-refractivity contribution in [2.75, 3.05) is 0 Å². The number of unbranched alkanes of at least 4 members (excludes halogenated alkanes) is 4. The molecule has 31 heavy (non-hydrogen) atoms. The molecular formula is C27H38F3N. The first-order valence-electron chi connectivity index (χ1n) is 12.5. The molecule has 1 nitrogen and oxygen atoms in total. The van der Waals surface area contributed by atoms with Crippen LogP contribution in [0.5, 0.6) is 0 Å². The standard InChI is InChI=1S/C27H38F3N/c1-2-3-4-5-6-7-21-10-15-24(16-11-21)25-17-12-22(13-18-25)8-9-23-14-19-26(31-20-23)27(28,29)30/h14,19-22,24-25H,2-7,10-13,15-18H2,1H3/t21-,22?,24-,25?. The van der Waals surface area contributed by atoms with E-state index in [0.717, 1.165) is 36.7 Å². The van der Waals surface area contributed by atoms with Gasteiger partial charge in [-0.15, -0.1) is 0 Å². The summed E-state index contributed by atoms with van der Waals surface area (Å²) in [7, 11) is 0.